The fourth-order valence-electron chi connectivity index (χ4n) is 2.16. The Labute approximate surface area is 102 Å². The monoisotopic (exact) mass is 232 g/mol. The lowest BCUT2D eigenvalue weighted by molar-refractivity contribution is -0.117. The molecule has 1 amide bonds. The molecule has 0 saturated heterocycles. The lowest BCUT2D eigenvalue weighted by Crippen LogP contribution is -2.21. The van der Waals surface area contributed by atoms with Crippen molar-refractivity contribution in [1.82, 2.24) is 0 Å². The second-order valence-corrected chi connectivity index (χ2v) is 5.07. The van der Waals surface area contributed by atoms with Crippen LogP contribution in [0.4, 0.5) is 11.4 Å². The molecule has 0 unspecified atom stereocenters. The minimum absolute atomic E-state index is 0.112. The molecule has 1 saturated carbocycles. The fraction of sp³-hybridized carbons (Fsp3) is 0.500. The van der Waals surface area contributed by atoms with Gasteiger partial charge in [-0.3, -0.25) is 4.79 Å². The Morgan fingerprint density at radius 3 is 2.65 bits per heavy atom. The third-order valence-corrected chi connectivity index (χ3v) is 3.59. The van der Waals surface area contributed by atoms with Gasteiger partial charge in [0.1, 0.15) is 0 Å². The van der Waals surface area contributed by atoms with Crippen molar-refractivity contribution in [2.45, 2.75) is 39.5 Å². The summed E-state index contributed by atoms with van der Waals surface area (Å²) in [7, 11) is 0. The number of benzene rings is 1. The predicted molar refractivity (Wildman–Crippen MR) is 70.9 cm³/mol. The van der Waals surface area contributed by atoms with Crippen LogP contribution in [0.25, 0.3) is 0 Å². The summed E-state index contributed by atoms with van der Waals surface area (Å²) >= 11 is 0. The van der Waals surface area contributed by atoms with Crippen LogP contribution in [0.1, 0.15) is 36.8 Å². The van der Waals surface area contributed by atoms with Crippen molar-refractivity contribution < 1.29 is 4.79 Å². The molecule has 17 heavy (non-hydrogen) atoms. The number of nitrogen functional groups attached to an aromatic ring is 1. The lowest BCUT2D eigenvalue weighted by atomic mass is 9.83. The lowest BCUT2D eigenvalue weighted by Gasteiger charge is -2.24. The normalized spacial score (nSPS) is 15.4. The van der Waals surface area contributed by atoms with Gasteiger partial charge >= 0.3 is 0 Å². The van der Waals surface area contributed by atoms with Crippen LogP contribution in [0.2, 0.25) is 0 Å². The van der Waals surface area contributed by atoms with Gasteiger partial charge in [-0.15, -0.1) is 0 Å². The molecule has 1 aromatic rings. The van der Waals surface area contributed by atoms with E-state index >= 15 is 0 Å². The Balaban J connectivity index is 2.02. The first-order valence-electron chi connectivity index (χ1n) is 6.23. The van der Waals surface area contributed by atoms with Crippen molar-refractivity contribution >= 4 is 17.3 Å². The summed E-state index contributed by atoms with van der Waals surface area (Å²) in [6, 6.07) is 3.86. The van der Waals surface area contributed by atoms with Crippen LogP contribution in [-0.4, -0.2) is 5.91 Å². The molecule has 3 heteroatoms. The van der Waals surface area contributed by atoms with E-state index in [0.29, 0.717) is 12.3 Å². The molecule has 2 rings (SSSR count). The Morgan fingerprint density at radius 2 is 2.06 bits per heavy atom. The van der Waals surface area contributed by atoms with Gasteiger partial charge in [0.05, 0.1) is 0 Å². The largest absolute Gasteiger partial charge is 0.398 e. The maximum atomic E-state index is 11.8. The van der Waals surface area contributed by atoms with E-state index in [1.165, 1.54) is 19.3 Å². The van der Waals surface area contributed by atoms with Crippen LogP contribution in [0.5, 0.6) is 0 Å². The van der Waals surface area contributed by atoms with Crippen molar-refractivity contribution in [1.29, 1.82) is 0 Å². The Bertz CT molecular complexity index is 436. The Morgan fingerprint density at radius 1 is 1.35 bits per heavy atom. The maximum absolute atomic E-state index is 11.8. The molecule has 0 radical (unpaired) electrons. The number of nitrogens with one attached hydrogen (secondary N) is 1. The topological polar surface area (TPSA) is 55.1 Å². The molecule has 0 aromatic heterocycles. The van der Waals surface area contributed by atoms with E-state index in [-0.39, 0.29) is 5.91 Å². The highest BCUT2D eigenvalue weighted by molar-refractivity contribution is 5.92. The number of aryl methyl sites for hydroxylation is 2. The van der Waals surface area contributed by atoms with Gasteiger partial charge in [-0.25, -0.2) is 0 Å². The second-order valence-electron chi connectivity index (χ2n) is 5.07. The zero-order valence-corrected chi connectivity index (χ0v) is 10.5. The van der Waals surface area contributed by atoms with E-state index in [4.69, 9.17) is 5.73 Å². The number of hydrogen-bond donors (Lipinski definition) is 2. The molecule has 1 fully saturated rings. The minimum atomic E-state index is 0.112. The first kappa shape index (κ1) is 12.0. The molecule has 1 aliphatic rings. The smallest absolute Gasteiger partial charge is 0.224 e. The highest BCUT2D eigenvalue weighted by Crippen LogP contribution is 2.30. The molecule has 0 spiro atoms. The van der Waals surface area contributed by atoms with Crippen LogP contribution in [0, 0.1) is 19.8 Å². The van der Waals surface area contributed by atoms with Gasteiger partial charge in [-0.05, 0) is 49.8 Å². The van der Waals surface area contributed by atoms with Gasteiger partial charge in [-0.2, -0.15) is 0 Å². The molecule has 92 valence electrons. The Kier molecular flexibility index (Phi) is 3.36. The number of carbonyl (C=O) groups excluding carboxylic acids is 1. The molecule has 1 aliphatic carbocycles. The van der Waals surface area contributed by atoms with Gasteiger partial charge in [0.15, 0.2) is 0 Å². The molecule has 0 heterocycles. The highest BCUT2D eigenvalue weighted by Gasteiger charge is 2.20. The fourth-order valence-corrected chi connectivity index (χ4v) is 2.16. The van der Waals surface area contributed by atoms with E-state index < -0.39 is 0 Å². The second kappa shape index (κ2) is 4.78. The summed E-state index contributed by atoms with van der Waals surface area (Å²) in [5.74, 6) is 0.708. The van der Waals surface area contributed by atoms with Crippen molar-refractivity contribution in [2.75, 3.05) is 11.1 Å². The molecule has 0 bridgehead atoms. The maximum Gasteiger partial charge on any atom is 0.224 e. The Hall–Kier alpha value is -1.51. The summed E-state index contributed by atoms with van der Waals surface area (Å²) in [6.07, 6.45) is 4.31. The molecule has 1 aromatic carbocycles. The average molecular weight is 232 g/mol. The van der Waals surface area contributed by atoms with E-state index in [1.807, 2.05) is 26.0 Å². The zero-order chi connectivity index (χ0) is 12.4. The van der Waals surface area contributed by atoms with E-state index in [1.54, 1.807) is 0 Å². The summed E-state index contributed by atoms with van der Waals surface area (Å²) < 4.78 is 0. The van der Waals surface area contributed by atoms with Crippen LogP contribution in [0.15, 0.2) is 12.1 Å². The number of hydrogen-bond acceptors (Lipinski definition) is 2. The third-order valence-electron chi connectivity index (χ3n) is 3.59. The molecular weight excluding hydrogens is 212 g/mol. The predicted octanol–water partition coefficient (Wildman–Crippen LogP) is 3.01. The molecule has 0 aliphatic heterocycles. The van der Waals surface area contributed by atoms with Crippen LogP contribution >= 0.6 is 0 Å². The molecule has 3 nitrogen and oxygen atoms in total. The van der Waals surface area contributed by atoms with E-state index in [9.17, 15) is 4.79 Å². The minimum Gasteiger partial charge on any atom is -0.398 e. The number of anilines is 2. The third kappa shape index (κ3) is 2.78. The summed E-state index contributed by atoms with van der Waals surface area (Å²) in [5.41, 5.74) is 9.55. The summed E-state index contributed by atoms with van der Waals surface area (Å²) in [4.78, 5) is 11.8. The van der Waals surface area contributed by atoms with Gasteiger partial charge in [0, 0.05) is 17.8 Å². The van der Waals surface area contributed by atoms with E-state index in [0.717, 1.165) is 22.5 Å². The van der Waals surface area contributed by atoms with Gasteiger partial charge in [-0.1, -0.05) is 12.5 Å². The van der Waals surface area contributed by atoms with Crippen molar-refractivity contribution in [3.8, 4) is 0 Å². The number of amides is 1. The van der Waals surface area contributed by atoms with Crippen LogP contribution < -0.4 is 11.1 Å². The van der Waals surface area contributed by atoms with Gasteiger partial charge in [0.2, 0.25) is 5.91 Å². The van der Waals surface area contributed by atoms with Gasteiger partial charge < -0.3 is 11.1 Å². The van der Waals surface area contributed by atoms with E-state index in [2.05, 4.69) is 5.32 Å². The molecule has 3 N–H and O–H groups in total. The number of nitrogens with two attached hydrogens (primary N) is 1. The highest BCUT2D eigenvalue weighted by atomic mass is 16.1. The SMILES string of the molecule is Cc1cc(C)c(NC(=O)CC2CCC2)cc1N. The van der Waals surface area contributed by atoms with Crippen LogP contribution in [-0.2, 0) is 4.79 Å². The van der Waals surface area contributed by atoms with Crippen LogP contribution in [0.3, 0.4) is 0 Å². The van der Waals surface area contributed by atoms with Crippen molar-refractivity contribution in [2.24, 2.45) is 5.92 Å². The molecular formula is C14H20N2O. The molecule has 0 atom stereocenters. The summed E-state index contributed by atoms with van der Waals surface area (Å²) in [5, 5.41) is 2.96. The first-order chi connectivity index (χ1) is 8.06. The average Bonchev–Trinajstić information content (AvgIpc) is 2.20. The number of rotatable bonds is 3. The zero-order valence-electron chi connectivity index (χ0n) is 10.5. The first-order valence-corrected chi connectivity index (χ1v) is 6.23. The number of carbonyl (C=O) groups is 1. The van der Waals surface area contributed by atoms with Gasteiger partial charge in [0.25, 0.3) is 0 Å². The van der Waals surface area contributed by atoms with Crippen molar-refractivity contribution in [3.05, 3.63) is 23.3 Å². The standard InChI is InChI=1S/C14H20N2O/c1-9-6-10(2)13(8-12(9)15)16-14(17)7-11-4-3-5-11/h6,8,11H,3-5,7,15H2,1-2H3,(H,16,17). The summed E-state index contributed by atoms with van der Waals surface area (Å²) in [6.45, 7) is 3.97. The van der Waals surface area contributed by atoms with Crippen molar-refractivity contribution in [3.63, 3.8) is 0 Å². The quantitative estimate of drug-likeness (QED) is 0.787.